The molecule has 1 N–H and O–H groups in total. The van der Waals surface area contributed by atoms with E-state index >= 15 is 0 Å². The summed E-state index contributed by atoms with van der Waals surface area (Å²) in [6, 6.07) is 0. The zero-order valence-electron chi connectivity index (χ0n) is 17.2. The van der Waals surface area contributed by atoms with Crippen molar-refractivity contribution in [2.75, 3.05) is 0 Å². The van der Waals surface area contributed by atoms with Crippen molar-refractivity contribution in [3.05, 3.63) is 0 Å². The molecule has 25 heavy (non-hydrogen) atoms. The number of hydrogen-bond acceptors (Lipinski definition) is 1. The van der Waals surface area contributed by atoms with Gasteiger partial charge in [0.2, 0.25) is 0 Å². The highest BCUT2D eigenvalue weighted by atomic mass is 16.4. The molecule has 8 atom stereocenters. The minimum atomic E-state index is -0.629. The van der Waals surface area contributed by atoms with Crippen molar-refractivity contribution >= 4 is 5.97 Å². The van der Waals surface area contributed by atoms with Crippen molar-refractivity contribution in [3.8, 4) is 0 Å². The maximum absolute atomic E-state index is 11.0. The Bertz CT molecular complexity index is 500. The molecule has 2 heteroatoms. The maximum atomic E-state index is 11.0. The third kappa shape index (κ3) is 3.06. The second-order valence-electron chi connectivity index (χ2n) is 10.4. The number of rotatable bonds is 5. The first-order valence-corrected chi connectivity index (χ1v) is 11.0. The summed E-state index contributed by atoms with van der Waals surface area (Å²) >= 11 is 0. The molecular formula is C23H40O2. The van der Waals surface area contributed by atoms with E-state index in [1.165, 1.54) is 44.9 Å². The molecule has 0 aromatic heterocycles. The van der Waals surface area contributed by atoms with E-state index in [-0.39, 0.29) is 0 Å². The quantitative estimate of drug-likeness (QED) is 0.625. The highest BCUT2D eigenvalue weighted by Gasteiger charge is 2.58. The number of carbonyl (C=O) groups is 1. The normalized spacial score (nSPS) is 47.8. The van der Waals surface area contributed by atoms with Crippen LogP contribution in [0.4, 0.5) is 0 Å². The van der Waals surface area contributed by atoms with Crippen molar-refractivity contribution in [3.63, 3.8) is 0 Å². The smallest absolute Gasteiger partial charge is 0.303 e. The van der Waals surface area contributed by atoms with E-state index in [1.54, 1.807) is 0 Å². The summed E-state index contributed by atoms with van der Waals surface area (Å²) in [6.45, 7) is 12.4. The predicted octanol–water partition coefficient (Wildman–Crippen LogP) is 6.39. The molecule has 0 aromatic carbocycles. The van der Waals surface area contributed by atoms with Crippen LogP contribution in [0.5, 0.6) is 0 Å². The topological polar surface area (TPSA) is 37.3 Å². The Labute approximate surface area is 155 Å². The Morgan fingerprint density at radius 3 is 2.48 bits per heavy atom. The summed E-state index contributed by atoms with van der Waals surface area (Å²) in [6.07, 6.45) is 10.9. The van der Waals surface area contributed by atoms with Gasteiger partial charge in [-0.3, -0.25) is 4.79 Å². The van der Waals surface area contributed by atoms with Gasteiger partial charge in [-0.15, -0.1) is 0 Å². The average molecular weight is 349 g/mol. The molecule has 3 fully saturated rings. The molecule has 3 aliphatic carbocycles. The molecule has 0 saturated heterocycles. The summed E-state index contributed by atoms with van der Waals surface area (Å²) in [4.78, 5) is 11.0. The van der Waals surface area contributed by atoms with Gasteiger partial charge in [-0.05, 0) is 91.3 Å². The standard InChI is InChI=1S/C23H40O2/c1-6-22(4)16(3)8-9-17-19-11-10-18(15(2)7-12-21(24)25)23(19,5)14-13-20(17)22/h15-20H,6-14H2,1-5H3,(H,24,25). The summed E-state index contributed by atoms with van der Waals surface area (Å²) in [5.74, 6) is 4.28. The van der Waals surface area contributed by atoms with Crippen LogP contribution < -0.4 is 0 Å². The molecule has 0 radical (unpaired) electrons. The summed E-state index contributed by atoms with van der Waals surface area (Å²) < 4.78 is 0. The molecule has 144 valence electrons. The van der Waals surface area contributed by atoms with Crippen LogP contribution in [0.2, 0.25) is 0 Å². The predicted molar refractivity (Wildman–Crippen MR) is 103 cm³/mol. The van der Waals surface area contributed by atoms with Gasteiger partial charge in [0.1, 0.15) is 0 Å². The van der Waals surface area contributed by atoms with Crippen LogP contribution in [0.1, 0.15) is 92.4 Å². The number of carboxylic acids is 1. The fourth-order valence-corrected chi connectivity index (χ4v) is 7.78. The number of hydrogen-bond donors (Lipinski definition) is 1. The van der Waals surface area contributed by atoms with Gasteiger partial charge in [-0.1, -0.05) is 41.0 Å². The second-order valence-corrected chi connectivity index (χ2v) is 10.4. The maximum Gasteiger partial charge on any atom is 0.303 e. The van der Waals surface area contributed by atoms with Crippen LogP contribution >= 0.6 is 0 Å². The molecule has 0 heterocycles. The summed E-state index contributed by atoms with van der Waals surface area (Å²) in [5.41, 5.74) is 1.01. The first-order chi connectivity index (χ1) is 11.7. The lowest BCUT2D eigenvalue weighted by Crippen LogP contribution is -2.51. The number of aliphatic carboxylic acids is 1. The summed E-state index contributed by atoms with van der Waals surface area (Å²) in [5, 5.41) is 9.07. The molecule has 0 spiro atoms. The monoisotopic (exact) mass is 348 g/mol. The molecule has 3 rings (SSSR count). The molecule has 3 saturated carbocycles. The fraction of sp³-hybridized carbons (Fsp3) is 0.957. The van der Waals surface area contributed by atoms with E-state index in [9.17, 15) is 4.79 Å². The SMILES string of the molecule is CCC1(C)C(C)CCC2C1CCC1(C)C(C(C)CCC(=O)O)CCC21. The van der Waals surface area contributed by atoms with Crippen LogP contribution in [0.3, 0.4) is 0 Å². The molecular weight excluding hydrogens is 308 g/mol. The fourth-order valence-electron chi connectivity index (χ4n) is 7.78. The van der Waals surface area contributed by atoms with Gasteiger partial charge in [0, 0.05) is 6.42 Å². The van der Waals surface area contributed by atoms with Crippen LogP contribution in [-0.2, 0) is 4.79 Å². The molecule has 8 unspecified atom stereocenters. The first kappa shape index (κ1) is 19.2. The van der Waals surface area contributed by atoms with Crippen molar-refractivity contribution in [2.45, 2.75) is 92.4 Å². The lowest BCUT2D eigenvalue weighted by molar-refractivity contribution is -0.137. The Hall–Kier alpha value is -0.530. The van der Waals surface area contributed by atoms with Crippen molar-refractivity contribution in [1.82, 2.24) is 0 Å². The lowest BCUT2D eigenvalue weighted by atomic mass is 9.46. The molecule has 0 aliphatic heterocycles. The van der Waals surface area contributed by atoms with E-state index in [1.807, 2.05) is 0 Å². The van der Waals surface area contributed by atoms with Gasteiger partial charge in [-0.25, -0.2) is 0 Å². The highest BCUT2D eigenvalue weighted by Crippen LogP contribution is 2.67. The van der Waals surface area contributed by atoms with Gasteiger partial charge in [0.05, 0.1) is 0 Å². The molecule has 0 bridgehead atoms. The van der Waals surface area contributed by atoms with Gasteiger partial charge in [0.15, 0.2) is 0 Å². The van der Waals surface area contributed by atoms with Gasteiger partial charge < -0.3 is 5.11 Å². The van der Waals surface area contributed by atoms with Crippen molar-refractivity contribution in [1.29, 1.82) is 0 Å². The Morgan fingerprint density at radius 1 is 1.12 bits per heavy atom. The van der Waals surface area contributed by atoms with E-state index in [0.29, 0.717) is 23.2 Å². The minimum absolute atomic E-state index is 0.343. The minimum Gasteiger partial charge on any atom is -0.481 e. The van der Waals surface area contributed by atoms with Crippen LogP contribution in [0.25, 0.3) is 0 Å². The van der Waals surface area contributed by atoms with Gasteiger partial charge in [0.25, 0.3) is 0 Å². The average Bonchev–Trinajstić information content (AvgIpc) is 2.93. The lowest BCUT2D eigenvalue weighted by Gasteiger charge is -2.59. The zero-order valence-corrected chi connectivity index (χ0v) is 17.2. The van der Waals surface area contributed by atoms with Crippen LogP contribution in [0, 0.1) is 46.3 Å². The molecule has 0 amide bonds. The van der Waals surface area contributed by atoms with Gasteiger partial charge in [-0.2, -0.15) is 0 Å². The largest absolute Gasteiger partial charge is 0.481 e. The van der Waals surface area contributed by atoms with Crippen LogP contribution in [0.15, 0.2) is 0 Å². The third-order valence-corrected chi connectivity index (χ3v) is 9.68. The molecule has 2 nitrogen and oxygen atoms in total. The highest BCUT2D eigenvalue weighted by molar-refractivity contribution is 5.66. The molecule has 0 aromatic rings. The van der Waals surface area contributed by atoms with E-state index < -0.39 is 5.97 Å². The Balaban J connectivity index is 1.78. The van der Waals surface area contributed by atoms with E-state index in [2.05, 4.69) is 34.6 Å². The first-order valence-electron chi connectivity index (χ1n) is 11.0. The van der Waals surface area contributed by atoms with E-state index in [0.717, 1.165) is 36.0 Å². The zero-order chi connectivity index (χ0) is 18.4. The van der Waals surface area contributed by atoms with Crippen molar-refractivity contribution in [2.24, 2.45) is 46.3 Å². The van der Waals surface area contributed by atoms with Crippen LogP contribution in [-0.4, -0.2) is 11.1 Å². The Kier molecular flexibility index (Phi) is 5.30. The van der Waals surface area contributed by atoms with Crippen molar-refractivity contribution < 1.29 is 9.90 Å². The van der Waals surface area contributed by atoms with E-state index in [4.69, 9.17) is 5.11 Å². The number of carboxylic acid groups (broad SMARTS) is 1. The third-order valence-electron chi connectivity index (χ3n) is 9.68. The number of fused-ring (bicyclic) bond motifs is 3. The summed E-state index contributed by atoms with van der Waals surface area (Å²) in [7, 11) is 0. The second kappa shape index (κ2) is 6.89. The molecule has 3 aliphatic rings. The van der Waals surface area contributed by atoms with Gasteiger partial charge >= 0.3 is 5.97 Å². The Morgan fingerprint density at radius 2 is 1.84 bits per heavy atom.